The lowest BCUT2D eigenvalue weighted by molar-refractivity contribution is -0.113. The van der Waals surface area contributed by atoms with Crippen molar-refractivity contribution in [1.82, 2.24) is 24.7 Å². The molecule has 1 amide bonds. The first kappa shape index (κ1) is 17.3. The van der Waals surface area contributed by atoms with Crippen LogP contribution in [0.3, 0.4) is 0 Å². The largest absolute Gasteiger partial charge is 0.334 e. The first-order valence-electron chi connectivity index (χ1n) is 7.36. The molecule has 2 aromatic heterocycles. The minimum absolute atomic E-state index is 0.148. The van der Waals surface area contributed by atoms with Crippen LogP contribution in [0.4, 0.5) is 5.69 Å². The van der Waals surface area contributed by atoms with Crippen LogP contribution in [0.15, 0.2) is 35.5 Å². The number of benzene rings is 1. The maximum atomic E-state index is 12.0. The Balaban J connectivity index is 1.65. The highest BCUT2D eigenvalue weighted by atomic mass is 35.5. The van der Waals surface area contributed by atoms with E-state index in [1.165, 1.54) is 16.4 Å². The van der Waals surface area contributed by atoms with Crippen molar-refractivity contribution in [3.05, 3.63) is 46.7 Å². The van der Waals surface area contributed by atoms with E-state index in [4.69, 9.17) is 17.4 Å². The van der Waals surface area contributed by atoms with Crippen LogP contribution in [0.2, 0.25) is 5.02 Å². The molecule has 8 nitrogen and oxygen atoms in total. The second kappa shape index (κ2) is 7.16. The number of nitrogen functional groups attached to an aromatic ring is 1. The molecule has 3 N–H and O–H groups in total. The van der Waals surface area contributed by atoms with Crippen LogP contribution < -0.4 is 11.2 Å². The fraction of sp³-hybridized carbons (Fsp3) is 0.200. The SMILES string of the molecule is Cc1cc(C)n(-c2nnc(SCC(=O)Nc3ccc(Cl)cc3)n2N)n1. The standard InChI is InChI=1S/C15H16ClN7OS/c1-9-7-10(2)23(21-9)14-19-20-15(22(14)17)25-8-13(24)18-12-5-3-11(16)4-6-12/h3-7H,8,17H2,1-2H3,(H,18,24). The van der Waals surface area contributed by atoms with Gasteiger partial charge in [0.25, 0.3) is 5.95 Å². The number of carbonyl (C=O) groups excluding carboxylic acids is 1. The molecule has 0 saturated heterocycles. The summed E-state index contributed by atoms with van der Waals surface area (Å²) in [4.78, 5) is 12.0. The first-order chi connectivity index (χ1) is 11.9. The van der Waals surface area contributed by atoms with Crippen molar-refractivity contribution in [1.29, 1.82) is 0 Å². The lowest BCUT2D eigenvalue weighted by atomic mass is 10.3. The average Bonchev–Trinajstić information content (AvgIpc) is 3.09. The fourth-order valence-corrected chi connectivity index (χ4v) is 2.98. The van der Waals surface area contributed by atoms with Crippen LogP contribution in [0.5, 0.6) is 0 Å². The topological polar surface area (TPSA) is 104 Å². The number of hydrogen-bond donors (Lipinski definition) is 2. The molecule has 0 fully saturated rings. The van der Waals surface area contributed by atoms with E-state index in [1.54, 1.807) is 28.9 Å². The summed E-state index contributed by atoms with van der Waals surface area (Å²) in [5.74, 6) is 6.40. The smallest absolute Gasteiger partial charge is 0.271 e. The molecule has 10 heteroatoms. The molecule has 3 rings (SSSR count). The van der Waals surface area contributed by atoms with Crippen molar-refractivity contribution >= 4 is 35.0 Å². The Morgan fingerprint density at radius 2 is 2.00 bits per heavy atom. The number of halogens is 1. The molecule has 0 atom stereocenters. The van der Waals surface area contributed by atoms with Gasteiger partial charge < -0.3 is 11.2 Å². The summed E-state index contributed by atoms with van der Waals surface area (Å²) in [5, 5.41) is 16.2. The number of nitrogens with two attached hydrogens (primary N) is 1. The van der Waals surface area contributed by atoms with E-state index < -0.39 is 0 Å². The lowest BCUT2D eigenvalue weighted by Crippen LogP contribution is -2.18. The van der Waals surface area contributed by atoms with Gasteiger partial charge in [0.1, 0.15) is 0 Å². The monoisotopic (exact) mass is 377 g/mol. The first-order valence-corrected chi connectivity index (χ1v) is 8.73. The predicted octanol–water partition coefficient (Wildman–Crippen LogP) is 2.18. The molecule has 0 spiro atoms. The Morgan fingerprint density at radius 3 is 2.64 bits per heavy atom. The zero-order chi connectivity index (χ0) is 18.0. The summed E-state index contributed by atoms with van der Waals surface area (Å²) >= 11 is 7.01. The number of carbonyl (C=O) groups is 1. The molecule has 2 heterocycles. The van der Waals surface area contributed by atoms with E-state index in [0.29, 0.717) is 21.8 Å². The molecule has 25 heavy (non-hydrogen) atoms. The third-order valence-corrected chi connectivity index (χ3v) is 4.50. The van der Waals surface area contributed by atoms with Gasteiger partial charge in [-0.25, -0.2) is 9.36 Å². The quantitative estimate of drug-likeness (QED) is 0.521. The Hall–Kier alpha value is -2.52. The zero-order valence-electron chi connectivity index (χ0n) is 13.6. The summed E-state index contributed by atoms with van der Waals surface area (Å²) in [5.41, 5.74) is 2.43. The molecule has 0 unspecified atom stereocenters. The van der Waals surface area contributed by atoms with Crippen LogP contribution in [-0.4, -0.2) is 36.3 Å². The Labute approximate surface area is 153 Å². The molecular formula is C15H16ClN7OS. The molecular weight excluding hydrogens is 362 g/mol. The molecule has 0 radical (unpaired) electrons. The number of hydrogen-bond acceptors (Lipinski definition) is 6. The maximum Gasteiger partial charge on any atom is 0.271 e. The molecule has 1 aromatic carbocycles. The van der Waals surface area contributed by atoms with Crippen LogP contribution in [-0.2, 0) is 4.79 Å². The van der Waals surface area contributed by atoms with Gasteiger partial charge in [0.05, 0.1) is 11.4 Å². The molecule has 0 aliphatic rings. The fourth-order valence-electron chi connectivity index (χ4n) is 2.20. The van der Waals surface area contributed by atoms with Crippen molar-refractivity contribution in [2.24, 2.45) is 0 Å². The molecule has 0 saturated carbocycles. The molecule has 0 aliphatic carbocycles. The summed E-state index contributed by atoms with van der Waals surface area (Å²) in [6.07, 6.45) is 0. The van der Waals surface area contributed by atoms with Crippen LogP contribution in [0, 0.1) is 13.8 Å². The van der Waals surface area contributed by atoms with Gasteiger partial charge in [-0.2, -0.15) is 5.10 Å². The second-order valence-electron chi connectivity index (χ2n) is 5.34. The van der Waals surface area contributed by atoms with E-state index >= 15 is 0 Å². The number of nitrogens with one attached hydrogen (secondary N) is 1. The average molecular weight is 378 g/mol. The number of amides is 1. The van der Waals surface area contributed by atoms with Crippen molar-refractivity contribution < 1.29 is 4.79 Å². The second-order valence-corrected chi connectivity index (χ2v) is 6.71. The van der Waals surface area contributed by atoms with Crippen molar-refractivity contribution in [3.8, 4) is 5.95 Å². The molecule has 130 valence electrons. The summed E-state index contributed by atoms with van der Waals surface area (Å²) in [7, 11) is 0. The minimum atomic E-state index is -0.178. The summed E-state index contributed by atoms with van der Waals surface area (Å²) < 4.78 is 2.93. The van der Waals surface area contributed by atoms with E-state index in [9.17, 15) is 4.79 Å². The zero-order valence-corrected chi connectivity index (χ0v) is 15.2. The third kappa shape index (κ3) is 3.94. The van der Waals surface area contributed by atoms with E-state index in [1.807, 2.05) is 19.9 Å². The van der Waals surface area contributed by atoms with E-state index in [0.717, 1.165) is 11.4 Å². The van der Waals surface area contributed by atoms with Gasteiger partial charge in [0, 0.05) is 16.4 Å². The molecule has 0 aliphatic heterocycles. The highest BCUT2D eigenvalue weighted by Gasteiger charge is 2.16. The number of thioether (sulfide) groups is 1. The highest BCUT2D eigenvalue weighted by Crippen LogP contribution is 2.18. The van der Waals surface area contributed by atoms with Crippen molar-refractivity contribution in [2.45, 2.75) is 19.0 Å². The minimum Gasteiger partial charge on any atom is -0.334 e. The van der Waals surface area contributed by atoms with Crippen LogP contribution in [0.1, 0.15) is 11.4 Å². The van der Waals surface area contributed by atoms with Crippen molar-refractivity contribution in [2.75, 3.05) is 16.9 Å². The predicted molar refractivity (Wildman–Crippen MR) is 97.6 cm³/mol. The van der Waals surface area contributed by atoms with Gasteiger partial charge in [0.15, 0.2) is 0 Å². The van der Waals surface area contributed by atoms with Gasteiger partial charge in [-0.15, -0.1) is 10.2 Å². The van der Waals surface area contributed by atoms with E-state index in [-0.39, 0.29) is 11.7 Å². The van der Waals surface area contributed by atoms with Crippen LogP contribution in [0.25, 0.3) is 5.95 Å². The van der Waals surface area contributed by atoms with Gasteiger partial charge >= 0.3 is 0 Å². The normalized spacial score (nSPS) is 10.8. The Bertz CT molecular complexity index is 903. The summed E-state index contributed by atoms with van der Waals surface area (Å²) in [6, 6.07) is 8.80. The van der Waals surface area contributed by atoms with Gasteiger partial charge in [-0.1, -0.05) is 23.4 Å². The van der Waals surface area contributed by atoms with Crippen molar-refractivity contribution in [3.63, 3.8) is 0 Å². The van der Waals surface area contributed by atoms with Gasteiger partial charge in [-0.3, -0.25) is 4.79 Å². The molecule has 0 bridgehead atoms. The lowest BCUT2D eigenvalue weighted by Gasteiger charge is -2.06. The number of aromatic nitrogens is 5. The highest BCUT2D eigenvalue weighted by molar-refractivity contribution is 7.99. The third-order valence-electron chi connectivity index (χ3n) is 3.31. The number of anilines is 1. The van der Waals surface area contributed by atoms with Crippen LogP contribution >= 0.6 is 23.4 Å². The number of rotatable bonds is 5. The van der Waals surface area contributed by atoms with E-state index in [2.05, 4.69) is 20.6 Å². The van der Waals surface area contributed by atoms with Gasteiger partial charge in [0.2, 0.25) is 11.1 Å². The Morgan fingerprint density at radius 1 is 1.28 bits per heavy atom. The maximum absolute atomic E-state index is 12.0. The molecule has 3 aromatic rings. The summed E-state index contributed by atoms with van der Waals surface area (Å²) in [6.45, 7) is 3.79. The number of nitrogens with zero attached hydrogens (tertiary/aromatic N) is 5. The van der Waals surface area contributed by atoms with Gasteiger partial charge in [-0.05, 0) is 44.2 Å². The number of aryl methyl sites for hydroxylation is 2. The Kier molecular flexibility index (Phi) is 4.95.